The third kappa shape index (κ3) is 3.77. The van der Waals surface area contributed by atoms with Crippen LogP contribution in [0.15, 0.2) is 53.0 Å². The van der Waals surface area contributed by atoms with Gasteiger partial charge in [0.25, 0.3) is 0 Å². The Morgan fingerprint density at radius 3 is 2.33 bits per heavy atom. The van der Waals surface area contributed by atoms with E-state index in [0.717, 1.165) is 21.4 Å². The van der Waals surface area contributed by atoms with Crippen molar-refractivity contribution in [2.45, 2.75) is 12.5 Å². The monoisotopic (exact) mass is 348 g/mol. The van der Waals surface area contributed by atoms with E-state index >= 15 is 0 Å². The van der Waals surface area contributed by atoms with Gasteiger partial charge in [-0.15, -0.1) is 0 Å². The fraction of sp³-hybridized carbons (Fsp3) is 0.294. The van der Waals surface area contributed by atoms with Crippen LogP contribution in [0.1, 0.15) is 12.5 Å². The molecule has 2 aromatic carbocycles. The number of anilines is 2. The molecule has 0 saturated heterocycles. The van der Waals surface area contributed by atoms with Crippen LogP contribution in [-0.2, 0) is 5.54 Å². The maximum absolute atomic E-state index is 9.86. The van der Waals surface area contributed by atoms with Crippen LogP contribution in [0.2, 0.25) is 0 Å². The summed E-state index contributed by atoms with van der Waals surface area (Å²) in [6.45, 7) is 2.01. The highest BCUT2D eigenvalue weighted by atomic mass is 79.9. The lowest BCUT2D eigenvalue weighted by Gasteiger charge is -2.31. The Morgan fingerprint density at radius 2 is 1.81 bits per heavy atom. The van der Waals surface area contributed by atoms with Crippen molar-refractivity contribution < 1.29 is 5.11 Å². The normalized spacial score (nSPS) is 13.6. The molecule has 2 rings (SSSR count). The molecule has 0 amide bonds. The van der Waals surface area contributed by atoms with Crippen molar-refractivity contribution in [3.8, 4) is 0 Å². The fourth-order valence-corrected chi connectivity index (χ4v) is 2.61. The number of hydrogen-bond acceptors (Lipinski definition) is 3. The van der Waals surface area contributed by atoms with Crippen molar-refractivity contribution in [1.82, 2.24) is 0 Å². The van der Waals surface area contributed by atoms with Crippen LogP contribution >= 0.6 is 15.9 Å². The predicted octanol–water partition coefficient (Wildman–Crippen LogP) is 3.83. The Labute approximate surface area is 134 Å². The number of rotatable bonds is 5. The van der Waals surface area contributed by atoms with Gasteiger partial charge in [0.05, 0.1) is 12.1 Å². The van der Waals surface area contributed by atoms with E-state index in [2.05, 4.69) is 50.4 Å². The lowest BCUT2D eigenvalue weighted by atomic mass is 9.92. The standard InChI is InChI=1S/C17H21BrN2O/c1-17(12-21,19-15-6-4-5-14(18)11-15)13-7-9-16(10-8-13)20(2)3/h4-11,19,21H,12H2,1-3H3. The van der Waals surface area contributed by atoms with Gasteiger partial charge in [-0.25, -0.2) is 0 Å². The van der Waals surface area contributed by atoms with Crippen molar-refractivity contribution in [3.63, 3.8) is 0 Å². The average Bonchev–Trinajstić information content (AvgIpc) is 2.47. The van der Waals surface area contributed by atoms with Crippen LogP contribution in [0.25, 0.3) is 0 Å². The Bertz CT molecular complexity index is 598. The second-order valence-electron chi connectivity index (χ2n) is 5.57. The molecular weight excluding hydrogens is 328 g/mol. The first-order chi connectivity index (χ1) is 9.94. The minimum absolute atomic E-state index is 0.0147. The first-order valence-electron chi connectivity index (χ1n) is 6.87. The summed E-state index contributed by atoms with van der Waals surface area (Å²) >= 11 is 3.47. The van der Waals surface area contributed by atoms with Crippen molar-refractivity contribution in [3.05, 3.63) is 58.6 Å². The molecule has 0 aromatic heterocycles. The van der Waals surface area contributed by atoms with Crippen molar-refractivity contribution >= 4 is 27.3 Å². The molecule has 0 aliphatic heterocycles. The van der Waals surface area contributed by atoms with Gasteiger partial charge in [-0.1, -0.05) is 34.1 Å². The smallest absolute Gasteiger partial charge is 0.0828 e. The molecular formula is C17H21BrN2O. The minimum Gasteiger partial charge on any atom is -0.394 e. The molecule has 112 valence electrons. The molecule has 0 spiro atoms. The van der Waals surface area contributed by atoms with E-state index in [-0.39, 0.29) is 6.61 Å². The van der Waals surface area contributed by atoms with Crippen LogP contribution in [-0.4, -0.2) is 25.8 Å². The highest BCUT2D eigenvalue weighted by Gasteiger charge is 2.25. The second-order valence-corrected chi connectivity index (χ2v) is 6.48. The Kier molecular flexibility index (Phi) is 4.91. The number of nitrogens with one attached hydrogen (secondary N) is 1. The summed E-state index contributed by atoms with van der Waals surface area (Å²) in [7, 11) is 4.03. The molecule has 3 nitrogen and oxygen atoms in total. The molecule has 1 atom stereocenters. The van der Waals surface area contributed by atoms with Gasteiger partial charge in [0.15, 0.2) is 0 Å². The molecule has 0 fully saturated rings. The predicted molar refractivity (Wildman–Crippen MR) is 93.0 cm³/mol. The zero-order valence-electron chi connectivity index (χ0n) is 12.6. The van der Waals surface area contributed by atoms with Gasteiger partial charge < -0.3 is 15.3 Å². The Morgan fingerprint density at radius 1 is 1.14 bits per heavy atom. The molecule has 0 aliphatic rings. The number of halogens is 1. The van der Waals surface area contributed by atoms with E-state index in [9.17, 15) is 5.11 Å². The van der Waals surface area contributed by atoms with Crippen molar-refractivity contribution in [2.75, 3.05) is 30.9 Å². The molecule has 0 bridgehead atoms. The summed E-state index contributed by atoms with van der Waals surface area (Å²) in [5.74, 6) is 0. The molecule has 2 N–H and O–H groups in total. The number of hydrogen-bond donors (Lipinski definition) is 2. The highest BCUT2D eigenvalue weighted by Crippen LogP contribution is 2.28. The van der Waals surface area contributed by atoms with Crippen LogP contribution in [0.4, 0.5) is 11.4 Å². The van der Waals surface area contributed by atoms with E-state index in [1.165, 1.54) is 0 Å². The van der Waals surface area contributed by atoms with E-state index < -0.39 is 5.54 Å². The van der Waals surface area contributed by atoms with E-state index in [4.69, 9.17) is 0 Å². The largest absolute Gasteiger partial charge is 0.394 e. The van der Waals surface area contributed by atoms with E-state index in [0.29, 0.717) is 0 Å². The van der Waals surface area contributed by atoms with Gasteiger partial charge >= 0.3 is 0 Å². The Hall–Kier alpha value is -1.52. The van der Waals surface area contributed by atoms with Crippen LogP contribution < -0.4 is 10.2 Å². The lowest BCUT2D eigenvalue weighted by molar-refractivity contribution is 0.224. The van der Waals surface area contributed by atoms with Gasteiger partial charge in [-0.3, -0.25) is 0 Å². The molecule has 0 heterocycles. The molecule has 4 heteroatoms. The van der Waals surface area contributed by atoms with Gasteiger partial charge in [0, 0.05) is 29.9 Å². The van der Waals surface area contributed by atoms with E-state index in [1.807, 2.05) is 45.3 Å². The zero-order chi connectivity index (χ0) is 15.5. The van der Waals surface area contributed by atoms with Crippen LogP contribution in [0.5, 0.6) is 0 Å². The maximum atomic E-state index is 9.86. The highest BCUT2D eigenvalue weighted by molar-refractivity contribution is 9.10. The molecule has 0 aliphatic carbocycles. The lowest BCUT2D eigenvalue weighted by Crippen LogP contribution is -2.35. The fourth-order valence-electron chi connectivity index (χ4n) is 2.22. The Balaban J connectivity index is 2.27. The van der Waals surface area contributed by atoms with Crippen molar-refractivity contribution in [2.24, 2.45) is 0 Å². The first kappa shape index (κ1) is 15.9. The maximum Gasteiger partial charge on any atom is 0.0828 e. The van der Waals surface area contributed by atoms with Crippen molar-refractivity contribution in [1.29, 1.82) is 0 Å². The number of benzene rings is 2. The summed E-state index contributed by atoms with van der Waals surface area (Å²) in [4.78, 5) is 2.06. The van der Waals surface area contributed by atoms with Gasteiger partial charge in [-0.2, -0.15) is 0 Å². The van der Waals surface area contributed by atoms with Crippen LogP contribution in [0, 0.1) is 0 Å². The second kappa shape index (κ2) is 6.50. The molecule has 0 saturated carbocycles. The third-order valence-corrected chi connectivity index (χ3v) is 4.08. The quantitative estimate of drug-likeness (QED) is 0.861. The summed E-state index contributed by atoms with van der Waals surface area (Å²) in [5.41, 5.74) is 2.64. The number of nitrogens with zero attached hydrogens (tertiary/aromatic N) is 1. The summed E-state index contributed by atoms with van der Waals surface area (Å²) < 4.78 is 1.01. The van der Waals surface area contributed by atoms with Gasteiger partial charge in [0.2, 0.25) is 0 Å². The van der Waals surface area contributed by atoms with Crippen LogP contribution in [0.3, 0.4) is 0 Å². The molecule has 21 heavy (non-hydrogen) atoms. The molecule has 0 radical (unpaired) electrons. The van der Waals surface area contributed by atoms with Gasteiger partial charge in [0.1, 0.15) is 0 Å². The third-order valence-electron chi connectivity index (χ3n) is 3.58. The minimum atomic E-state index is -0.522. The summed E-state index contributed by atoms with van der Waals surface area (Å²) in [6.07, 6.45) is 0. The average molecular weight is 349 g/mol. The summed E-state index contributed by atoms with van der Waals surface area (Å²) in [5, 5.41) is 13.3. The first-order valence-corrected chi connectivity index (χ1v) is 7.66. The SMILES string of the molecule is CN(C)c1ccc(C(C)(CO)Nc2cccc(Br)c2)cc1. The van der Waals surface area contributed by atoms with E-state index in [1.54, 1.807) is 0 Å². The molecule has 1 unspecified atom stereocenters. The zero-order valence-corrected chi connectivity index (χ0v) is 14.2. The topological polar surface area (TPSA) is 35.5 Å². The number of aliphatic hydroxyl groups excluding tert-OH is 1. The number of aliphatic hydroxyl groups is 1. The van der Waals surface area contributed by atoms with Gasteiger partial charge in [-0.05, 0) is 42.8 Å². The summed E-state index contributed by atoms with van der Waals surface area (Å²) in [6, 6.07) is 16.2. The molecule has 2 aromatic rings.